The number of benzene rings is 1. The van der Waals surface area contributed by atoms with Crippen LogP contribution in [-0.4, -0.2) is 68.6 Å². The molecule has 9 nitrogen and oxygen atoms in total. The van der Waals surface area contributed by atoms with E-state index in [2.05, 4.69) is 20.3 Å². The number of aliphatic carboxylic acids is 1. The smallest absolute Gasteiger partial charge is 0.478 e. The van der Waals surface area contributed by atoms with Crippen molar-refractivity contribution >= 4 is 34.3 Å². The third kappa shape index (κ3) is 7.40. The van der Waals surface area contributed by atoms with Gasteiger partial charge in [-0.15, -0.1) is 0 Å². The number of hydrogen-bond donors (Lipinski definition) is 3. The molecule has 3 aromatic rings. The van der Waals surface area contributed by atoms with Crippen molar-refractivity contribution in [1.82, 2.24) is 19.7 Å². The second-order valence-electron chi connectivity index (χ2n) is 7.40. The van der Waals surface area contributed by atoms with E-state index in [9.17, 15) is 27.5 Å². The standard InChI is InChI=1S/C19H22FN5O2.C2HF3O2/c1-24(2)9-3-4-10-25-17-6-5-13(20)11-15(17)18(23-25)22-16-12-21-8-7-14(16)19(26)27;3-2(4,5)1(6)7/h5-8,11-12H,3-4,9-10H2,1-2H3,(H,22,23)(H,26,27);(H,6,7). The molecule has 2 heterocycles. The molecular weight excluding hydrogens is 462 g/mol. The first kappa shape index (κ1) is 26.5. The van der Waals surface area contributed by atoms with Gasteiger partial charge in [0.25, 0.3) is 0 Å². The summed E-state index contributed by atoms with van der Waals surface area (Å²) in [6, 6.07) is 5.90. The summed E-state index contributed by atoms with van der Waals surface area (Å²) < 4.78 is 47.3. The Labute approximate surface area is 191 Å². The lowest BCUT2D eigenvalue weighted by atomic mass is 10.2. The van der Waals surface area contributed by atoms with E-state index in [0.29, 0.717) is 23.4 Å². The van der Waals surface area contributed by atoms with E-state index in [1.807, 2.05) is 18.8 Å². The minimum atomic E-state index is -5.08. The quantitative estimate of drug-likeness (QED) is 0.324. The number of pyridine rings is 1. The van der Waals surface area contributed by atoms with Crippen LogP contribution in [0.3, 0.4) is 0 Å². The predicted octanol–water partition coefficient (Wildman–Crippen LogP) is 3.99. The van der Waals surface area contributed by atoms with Gasteiger partial charge in [0.15, 0.2) is 5.82 Å². The number of carbonyl (C=O) groups is 2. The lowest BCUT2D eigenvalue weighted by Crippen LogP contribution is -2.21. The van der Waals surface area contributed by atoms with Crippen molar-refractivity contribution in [3.05, 3.63) is 48.0 Å². The lowest BCUT2D eigenvalue weighted by molar-refractivity contribution is -0.192. The number of aryl methyl sites for hydroxylation is 1. The van der Waals surface area contributed by atoms with Crippen molar-refractivity contribution in [2.45, 2.75) is 25.6 Å². The molecule has 13 heteroatoms. The van der Waals surface area contributed by atoms with Gasteiger partial charge in [-0.25, -0.2) is 14.0 Å². The van der Waals surface area contributed by atoms with Crippen molar-refractivity contribution in [3.8, 4) is 0 Å². The first-order valence-corrected chi connectivity index (χ1v) is 9.95. The van der Waals surface area contributed by atoms with E-state index >= 15 is 0 Å². The van der Waals surface area contributed by atoms with Crippen molar-refractivity contribution in [2.75, 3.05) is 26.0 Å². The van der Waals surface area contributed by atoms with Crippen LogP contribution in [0.15, 0.2) is 36.7 Å². The van der Waals surface area contributed by atoms with Crippen LogP contribution in [0.25, 0.3) is 10.9 Å². The van der Waals surface area contributed by atoms with Gasteiger partial charge < -0.3 is 20.4 Å². The van der Waals surface area contributed by atoms with Gasteiger partial charge in [0.1, 0.15) is 5.82 Å². The topological polar surface area (TPSA) is 121 Å². The van der Waals surface area contributed by atoms with Crippen LogP contribution in [0.1, 0.15) is 23.2 Å². The van der Waals surface area contributed by atoms with Gasteiger partial charge in [0.05, 0.1) is 23.0 Å². The second kappa shape index (κ2) is 11.4. The summed E-state index contributed by atoms with van der Waals surface area (Å²) in [5.74, 6) is -3.79. The van der Waals surface area contributed by atoms with Crippen LogP contribution in [0.4, 0.5) is 29.1 Å². The molecule has 3 rings (SSSR count). The Morgan fingerprint density at radius 1 is 1.15 bits per heavy atom. The van der Waals surface area contributed by atoms with E-state index in [-0.39, 0.29) is 11.4 Å². The Balaban J connectivity index is 0.000000509. The first-order chi connectivity index (χ1) is 15.9. The molecule has 0 aliphatic heterocycles. The molecule has 0 fully saturated rings. The van der Waals surface area contributed by atoms with Gasteiger partial charge >= 0.3 is 18.1 Å². The molecule has 3 N–H and O–H groups in total. The molecule has 1 aromatic carbocycles. The number of unbranched alkanes of at least 4 members (excludes halogenated alkanes) is 1. The molecule has 0 bridgehead atoms. The molecule has 34 heavy (non-hydrogen) atoms. The predicted molar refractivity (Wildman–Crippen MR) is 116 cm³/mol. The summed E-state index contributed by atoms with van der Waals surface area (Å²) in [6.45, 7) is 1.67. The maximum absolute atomic E-state index is 13.8. The van der Waals surface area contributed by atoms with Gasteiger partial charge in [-0.3, -0.25) is 9.67 Å². The fraction of sp³-hybridized carbons (Fsp3) is 0.333. The number of fused-ring (bicyclic) bond motifs is 1. The molecule has 0 radical (unpaired) electrons. The summed E-state index contributed by atoms with van der Waals surface area (Å²) in [5, 5.41) is 24.6. The van der Waals surface area contributed by atoms with Crippen molar-refractivity contribution in [2.24, 2.45) is 0 Å². The molecule has 0 aliphatic carbocycles. The van der Waals surface area contributed by atoms with E-state index in [1.54, 1.807) is 6.07 Å². The van der Waals surface area contributed by atoms with Crippen LogP contribution < -0.4 is 5.32 Å². The normalized spacial score (nSPS) is 11.3. The van der Waals surface area contributed by atoms with Crippen LogP contribution >= 0.6 is 0 Å². The fourth-order valence-corrected chi connectivity index (χ4v) is 2.91. The number of carboxylic acids is 2. The highest BCUT2D eigenvalue weighted by Gasteiger charge is 2.38. The molecule has 2 aromatic heterocycles. The van der Waals surface area contributed by atoms with Crippen LogP contribution in [0, 0.1) is 5.82 Å². The van der Waals surface area contributed by atoms with Crippen LogP contribution in [0.5, 0.6) is 0 Å². The van der Waals surface area contributed by atoms with Crippen molar-refractivity contribution in [3.63, 3.8) is 0 Å². The van der Waals surface area contributed by atoms with Crippen molar-refractivity contribution < 1.29 is 37.4 Å². The SMILES string of the molecule is CN(C)CCCCn1nc(Nc2cnccc2C(=O)O)c2cc(F)ccc21.O=C(O)C(F)(F)F. The average Bonchev–Trinajstić information content (AvgIpc) is 3.07. The number of aromatic nitrogens is 3. The molecule has 0 unspecified atom stereocenters. The number of hydrogen-bond acceptors (Lipinski definition) is 6. The third-order valence-electron chi connectivity index (χ3n) is 4.48. The highest BCUT2D eigenvalue weighted by Crippen LogP contribution is 2.28. The molecule has 0 aliphatic rings. The Bertz CT molecular complexity index is 1150. The minimum Gasteiger partial charge on any atom is -0.478 e. The minimum absolute atomic E-state index is 0.0788. The zero-order valence-corrected chi connectivity index (χ0v) is 18.3. The summed E-state index contributed by atoms with van der Waals surface area (Å²) in [6.07, 6.45) is -0.302. The number of rotatable bonds is 8. The molecule has 0 atom stereocenters. The summed E-state index contributed by atoms with van der Waals surface area (Å²) in [5.41, 5.74) is 1.19. The van der Waals surface area contributed by atoms with Crippen molar-refractivity contribution in [1.29, 1.82) is 0 Å². The fourth-order valence-electron chi connectivity index (χ4n) is 2.91. The molecule has 0 saturated carbocycles. The lowest BCUT2D eigenvalue weighted by Gasteiger charge is -2.09. The largest absolute Gasteiger partial charge is 0.490 e. The van der Waals surface area contributed by atoms with Gasteiger partial charge in [-0.2, -0.15) is 18.3 Å². The Kier molecular flexibility index (Phi) is 8.90. The second-order valence-corrected chi connectivity index (χ2v) is 7.40. The van der Waals surface area contributed by atoms with E-state index in [1.165, 1.54) is 30.6 Å². The number of alkyl halides is 3. The van der Waals surface area contributed by atoms with Gasteiger partial charge in [0.2, 0.25) is 0 Å². The maximum Gasteiger partial charge on any atom is 0.490 e. The van der Waals surface area contributed by atoms with Gasteiger partial charge in [-0.1, -0.05) is 0 Å². The number of nitrogens with one attached hydrogen (secondary N) is 1. The Morgan fingerprint density at radius 3 is 2.41 bits per heavy atom. The Morgan fingerprint density at radius 2 is 1.82 bits per heavy atom. The number of halogens is 4. The summed E-state index contributed by atoms with van der Waals surface area (Å²) in [4.78, 5) is 26.4. The molecular formula is C21H23F4N5O4. The van der Waals surface area contributed by atoms with Crippen LogP contribution in [0.2, 0.25) is 0 Å². The highest BCUT2D eigenvalue weighted by atomic mass is 19.4. The van der Waals surface area contributed by atoms with E-state index in [4.69, 9.17) is 9.90 Å². The highest BCUT2D eigenvalue weighted by molar-refractivity contribution is 5.97. The number of carboxylic acid groups (broad SMARTS) is 2. The molecule has 0 spiro atoms. The zero-order chi connectivity index (χ0) is 25.5. The van der Waals surface area contributed by atoms with Gasteiger partial charge in [-0.05, 0) is 57.7 Å². The molecule has 0 amide bonds. The summed E-state index contributed by atoms with van der Waals surface area (Å²) >= 11 is 0. The molecule has 0 saturated heterocycles. The summed E-state index contributed by atoms with van der Waals surface area (Å²) in [7, 11) is 4.06. The average molecular weight is 485 g/mol. The molecule has 184 valence electrons. The number of anilines is 2. The number of nitrogens with zero attached hydrogens (tertiary/aromatic N) is 4. The number of aromatic carboxylic acids is 1. The Hall–Kier alpha value is -3.74. The monoisotopic (exact) mass is 485 g/mol. The van der Waals surface area contributed by atoms with Gasteiger partial charge in [0, 0.05) is 18.1 Å². The van der Waals surface area contributed by atoms with Crippen LogP contribution in [-0.2, 0) is 11.3 Å². The third-order valence-corrected chi connectivity index (χ3v) is 4.48. The van der Waals surface area contributed by atoms with E-state index in [0.717, 1.165) is 24.9 Å². The maximum atomic E-state index is 13.8. The first-order valence-electron chi connectivity index (χ1n) is 9.95. The van der Waals surface area contributed by atoms with E-state index < -0.39 is 18.1 Å². The zero-order valence-electron chi connectivity index (χ0n) is 18.3.